The molecule has 0 spiro atoms. The molecule has 0 aliphatic carbocycles. The minimum absolute atomic E-state index is 0.135. The van der Waals surface area contributed by atoms with Crippen molar-refractivity contribution in [1.82, 2.24) is 0 Å². The van der Waals surface area contributed by atoms with Gasteiger partial charge >= 0.3 is 0 Å². The maximum Gasteiger partial charge on any atom is 0.256 e. The molecule has 4 heteroatoms. The van der Waals surface area contributed by atoms with Crippen molar-refractivity contribution in [3.05, 3.63) is 58.6 Å². The molecule has 1 N–H and O–H groups in total. The number of thioether (sulfide) groups is 1. The van der Waals surface area contributed by atoms with Crippen LogP contribution in [0, 0.1) is 6.92 Å². The molecule has 0 fully saturated rings. The van der Waals surface area contributed by atoms with Gasteiger partial charge in [0.2, 0.25) is 0 Å². The molecular weight excluding hydrogens is 302 g/mol. The van der Waals surface area contributed by atoms with E-state index in [1.807, 2.05) is 49.4 Å². The maximum atomic E-state index is 12.5. The van der Waals surface area contributed by atoms with Crippen molar-refractivity contribution < 1.29 is 4.79 Å². The van der Waals surface area contributed by atoms with Crippen molar-refractivity contribution in [2.45, 2.75) is 30.9 Å². The zero-order valence-corrected chi connectivity index (χ0v) is 13.9. The van der Waals surface area contributed by atoms with E-state index in [-0.39, 0.29) is 5.91 Å². The third-order valence-corrected chi connectivity index (χ3v) is 4.26. The second kappa shape index (κ2) is 7.01. The fraction of sp³-hybridized carbons (Fsp3) is 0.235. The van der Waals surface area contributed by atoms with Crippen molar-refractivity contribution in [1.29, 1.82) is 0 Å². The standard InChI is InChI=1S/C17H18ClNOS/c1-11(2)21-16-7-5-4-6-13(16)17(20)19-15-9-8-12(3)10-14(15)18/h4-11H,1-3H3,(H,19,20). The Morgan fingerprint density at radius 1 is 1.19 bits per heavy atom. The Hall–Kier alpha value is -1.45. The monoisotopic (exact) mass is 319 g/mol. The number of nitrogens with one attached hydrogen (secondary N) is 1. The van der Waals surface area contributed by atoms with Crippen LogP contribution in [0.25, 0.3) is 0 Å². The third-order valence-electron chi connectivity index (χ3n) is 2.87. The fourth-order valence-electron chi connectivity index (χ4n) is 1.92. The molecule has 0 aliphatic rings. The first-order chi connectivity index (χ1) is 9.97. The van der Waals surface area contributed by atoms with Gasteiger partial charge in [-0.2, -0.15) is 0 Å². The molecule has 1 amide bonds. The molecule has 21 heavy (non-hydrogen) atoms. The number of anilines is 1. The summed E-state index contributed by atoms with van der Waals surface area (Å²) in [6.07, 6.45) is 0. The average Bonchev–Trinajstić information content (AvgIpc) is 2.42. The number of carbonyl (C=O) groups is 1. The van der Waals surface area contributed by atoms with Crippen LogP contribution in [0.1, 0.15) is 29.8 Å². The Morgan fingerprint density at radius 2 is 1.90 bits per heavy atom. The Kier molecular flexibility index (Phi) is 5.32. The second-order valence-electron chi connectivity index (χ2n) is 5.10. The van der Waals surface area contributed by atoms with Crippen LogP contribution in [0.15, 0.2) is 47.4 Å². The van der Waals surface area contributed by atoms with Crippen LogP contribution in [0.5, 0.6) is 0 Å². The van der Waals surface area contributed by atoms with Gasteiger partial charge in [-0.1, -0.05) is 43.6 Å². The van der Waals surface area contributed by atoms with Gasteiger partial charge in [-0.25, -0.2) is 0 Å². The molecule has 0 radical (unpaired) electrons. The van der Waals surface area contributed by atoms with E-state index in [9.17, 15) is 4.79 Å². The molecule has 0 aromatic heterocycles. The van der Waals surface area contributed by atoms with Crippen LogP contribution in [-0.4, -0.2) is 11.2 Å². The second-order valence-corrected chi connectivity index (χ2v) is 7.13. The lowest BCUT2D eigenvalue weighted by molar-refractivity contribution is 0.102. The van der Waals surface area contributed by atoms with Gasteiger partial charge in [0, 0.05) is 10.1 Å². The first-order valence-corrected chi connectivity index (χ1v) is 8.06. The summed E-state index contributed by atoms with van der Waals surface area (Å²) in [6, 6.07) is 13.2. The highest BCUT2D eigenvalue weighted by Gasteiger charge is 2.13. The molecule has 2 rings (SSSR count). The van der Waals surface area contributed by atoms with Gasteiger partial charge in [-0.15, -0.1) is 11.8 Å². The topological polar surface area (TPSA) is 29.1 Å². The molecule has 2 aromatic carbocycles. The molecular formula is C17H18ClNOS. The van der Waals surface area contributed by atoms with Gasteiger partial charge in [-0.05, 0) is 36.8 Å². The van der Waals surface area contributed by atoms with E-state index in [0.717, 1.165) is 10.5 Å². The Bertz CT molecular complexity index is 655. The first-order valence-electron chi connectivity index (χ1n) is 6.80. The van der Waals surface area contributed by atoms with E-state index < -0.39 is 0 Å². The smallest absolute Gasteiger partial charge is 0.256 e. The number of aryl methyl sites for hydroxylation is 1. The normalized spacial score (nSPS) is 10.7. The summed E-state index contributed by atoms with van der Waals surface area (Å²) < 4.78 is 0. The van der Waals surface area contributed by atoms with Crippen molar-refractivity contribution in [3.63, 3.8) is 0 Å². The minimum Gasteiger partial charge on any atom is -0.321 e. The summed E-state index contributed by atoms with van der Waals surface area (Å²) in [5.41, 5.74) is 2.37. The van der Waals surface area contributed by atoms with Gasteiger partial charge in [0.15, 0.2) is 0 Å². The van der Waals surface area contributed by atoms with Crippen molar-refractivity contribution in [3.8, 4) is 0 Å². The fourth-order valence-corrected chi connectivity index (χ4v) is 3.16. The lowest BCUT2D eigenvalue weighted by Gasteiger charge is -2.12. The van der Waals surface area contributed by atoms with Gasteiger partial charge in [0.25, 0.3) is 5.91 Å². The quantitative estimate of drug-likeness (QED) is 0.764. The van der Waals surface area contributed by atoms with Crippen LogP contribution in [0.2, 0.25) is 5.02 Å². The molecule has 0 aliphatic heterocycles. The van der Waals surface area contributed by atoms with E-state index >= 15 is 0 Å². The summed E-state index contributed by atoms with van der Waals surface area (Å²) in [7, 11) is 0. The van der Waals surface area contributed by atoms with Gasteiger partial charge in [0.05, 0.1) is 16.3 Å². The van der Waals surface area contributed by atoms with Crippen LogP contribution >= 0.6 is 23.4 Å². The molecule has 0 unspecified atom stereocenters. The zero-order valence-electron chi connectivity index (χ0n) is 12.3. The molecule has 2 nitrogen and oxygen atoms in total. The summed E-state index contributed by atoms with van der Waals surface area (Å²) in [6.45, 7) is 6.18. The lowest BCUT2D eigenvalue weighted by atomic mass is 10.2. The predicted molar refractivity (Wildman–Crippen MR) is 91.6 cm³/mol. The van der Waals surface area contributed by atoms with E-state index in [0.29, 0.717) is 21.5 Å². The highest BCUT2D eigenvalue weighted by atomic mass is 35.5. The predicted octanol–water partition coefficient (Wildman–Crippen LogP) is 5.40. The number of hydrogen-bond donors (Lipinski definition) is 1. The summed E-state index contributed by atoms with van der Waals surface area (Å²) in [4.78, 5) is 13.5. The van der Waals surface area contributed by atoms with E-state index in [1.165, 1.54) is 0 Å². The molecule has 0 bridgehead atoms. The van der Waals surface area contributed by atoms with Crippen molar-refractivity contribution in [2.75, 3.05) is 5.32 Å². The van der Waals surface area contributed by atoms with Crippen molar-refractivity contribution >= 4 is 35.0 Å². The van der Waals surface area contributed by atoms with E-state index in [2.05, 4.69) is 19.2 Å². The number of carbonyl (C=O) groups excluding carboxylic acids is 1. The number of amides is 1. The minimum atomic E-state index is -0.135. The molecule has 0 heterocycles. The van der Waals surface area contributed by atoms with Crippen LogP contribution in [0.4, 0.5) is 5.69 Å². The Morgan fingerprint density at radius 3 is 2.57 bits per heavy atom. The first kappa shape index (κ1) is 15.9. The van der Waals surface area contributed by atoms with Crippen LogP contribution < -0.4 is 5.32 Å². The van der Waals surface area contributed by atoms with Crippen LogP contribution in [-0.2, 0) is 0 Å². The lowest BCUT2D eigenvalue weighted by Crippen LogP contribution is -2.13. The van der Waals surface area contributed by atoms with Gasteiger partial charge in [-0.3, -0.25) is 4.79 Å². The van der Waals surface area contributed by atoms with Gasteiger partial charge in [0.1, 0.15) is 0 Å². The zero-order chi connectivity index (χ0) is 15.4. The Labute approximate surface area is 134 Å². The maximum absolute atomic E-state index is 12.5. The van der Waals surface area contributed by atoms with E-state index in [1.54, 1.807) is 11.8 Å². The molecule has 0 atom stereocenters. The highest BCUT2D eigenvalue weighted by Crippen LogP contribution is 2.28. The largest absolute Gasteiger partial charge is 0.321 e. The number of hydrogen-bond acceptors (Lipinski definition) is 2. The van der Waals surface area contributed by atoms with Crippen LogP contribution in [0.3, 0.4) is 0 Å². The number of halogens is 1. The third kappa shape index (κ3) is 4.26. The molecule has 0 saturated heterocycles. The number of rotatable bonds is 4. The summed E-state index contributed by atoms with van der Waals surface area (Å²) in [5, 5.41) is 3.85. The Balaban J connectivity index is 2.24. The van der Waals surface area contributed by atoms with Gasteiger partial charge < -0.3 is 5.32 Å². The molecule has 0 saturated carbocycles. The highest BCUT2D eigenvalue weighted by molar-refractivity contribution is 8.00. The average molecular weight is 320 g/mol. The van der Waals surface area contributed by atoms with E-state index in [4.69, 9.17) is 11.6 Å². The summed E-state index contributed by atoms with van der Waals surface area (Å²) in [5.74, 6) is -0.135. The molecule has 110 valence electrons. The number of benzene rings is 2. The summed E-state index contributed by atoms with van der Waals surface area (Å²) >= 11 is 7.84. The SMILES string of the molecule is Cc1ccc(NC(=O)c2ccccc2SC(C)C)c(Cl)c1. The van der Waals surface area contributed by atoms with Crippen molar-refractivity contribution in [2.24, 2.45) is 0 Å². The molecule has 2 aromatic rings.